The normalized spacial score (nSPS) is 11.5. The number of hydrogen-bond acceptors (Lipinski definition) is 12. The van der Waals surface area contributed by atoms with Crippen LogP contribution in [0.4, 0.5) is 4.39 Å². The molecule has 0 spiro atoms. The number of phenols is 6. The summed E-state index contributed by atoms with van der Waals surface area (Å²) in [7, 11) is 0. The molecule has 0 saturated heterocycles. The molecule has 0 aliphatic heterocycles. The van der Waals surface area contributed by atoms with E-state index in [4.69, 9.17) is 29.5 Å². The van der Waals surface area contributed by atoms with Gasteiger partial charge in [-0.25, -0.2) is 4.39 Å². The van der Waals surface area contributed by atoms with Crippen LogP contribution >= 0.6 is 0 Å². The van der Waals surface area contributed by atoms with E-state index >= 15 is 0 Å². The first-order valence-electron chi connectivity index (χ1n) is 26.7. The maximum Gasteiger partial charge on any atom is 0.316 e. The number of carbonyl (C=O) groups excluding carboxylic acids is 3. The highest BCUT2D eigenvalue weighted by atomic mass is 19.1. The molecule has 6 N–H and O–H groups in total. The summed E-state index contributed by atoms with van der Waals surface area (Å²) < 4.78 is 28.3. The highest BCUT2D eigenvalue weighted by Crippen LogP contribution is 2.37. The minimum atomic E-state index is -0.806. The van der Waals surface area contributed by atoms with E-state index in [1.807, 2.05) is 71.0 Å². The summed E-state index contributed by atoms with van der Waals surface area (Å²) in [5, 5.41) is 60.1. The molecule has 13 heteroatoms. The van der Waals surface area contributed by atoms with Gasteiger partial charge in [0.2, 0.25) is 0 Å². The molecule has 7 aromatic rings. The molecule has 0 aliphatic rings. The Balaban J connectivity index is 0.000000260. The number of aromatic hydroxyl groups is 6. The smallest absolute Gasteiger partial charge is 0.316 e. The monoisotopic (exact) mass is 1090 g/mol. The van der Waals surface area contributed by atoms with Crippen LogP contribution in [0.1, 0.15) is 147 Å². The molecule has 7 aromatic carbocycles. The van der Waals surface area contributed by atoms with E-state index in [2.05, 4.69) is 65.8 Å². The third-order valence-electron chi connectivity index (χ3n) is 14.7. The van der Waals surface area contributed by atoms with Gasteiger partial charge in [-0.05, 0) is 167 Å². The van der Waals surface area contributed by atoms with Gasteiger partial charge in [0, 0.05) is 22.9 Å². The van der Waals surface area contributed by atoms with Gasteiger partial charge >= 0.3 is 17.9 Å². The van der Waals surface area contributed by atoms with Gasteiger partial charge < -0.3 is 44.8 Å². The van der Waals surface area contributed by atoms with Crippen molar-refractivity contribution < 1.29 is 63.6 Å². The van der Waals surface area contributed by atoms with Gasteiger partial charge in [-0.15, -0.1) is 0 Å². The number of fused-ring (bicyclic) bond motifs is 2. The maximum atomic E-state index is 13.0. The highest BCUT2D eigenvalue weighted by molar-refractivity contribution is 5.91. The van der Waals surface area contributed by atoms with Crippen molar-refractivity contribution in [1.29, 1.82) is 0 Å². The highest BCUT2D eigenvalue weighted by Gasteiger charge is 2.30. The Morgan fingerprint density at radius 3 is 1.30 bits per heavy atom. The number of ether oxygens (including phenoxy) is 3. The van der Waals surface area contributed by atoms with Gasteiger partial charge in [0.1, 0.15) is 34.5 Å². The van der Waals surface area contributed by atoms with E-state index in [0.717, 1.165) is 52.9 Å². The second kappa shape index (κ2) is 28.2. The van der Waals surface area contributed by atoms with Crippen molar-refractivity contribution in [2.24, 2.45) is 16.2 Å². The number of phenolic OH excluding ortho intramolecular Hbond substituents is 6. The van der Waals surface area contributed by atoms with Crippen molar-refractivity contribution in [2.45, 2.75) is 147 Å². The number of rotatable bonds is 13. The van der Waals surface area contributed by atoms with Crippen molar-refractivity contribution in [3.8, 4) is 51.7 Å². The molecular formula is C66H83FO12. The molecule has 0 heterocycles. The molecule has 0 bridgehead atoms. The lowest BCUT2D eigenvalue weighted by Crippen LogP contribution is -2.28. The molecule has 0 radical (unpaired) electrons. The van der Waals surface area contributed by atoms with Crippen molar-refractivity contribution >= 4 is 39.5 Å². The Hall–Kier alpha value is -7.80. The van der Waals surface area contributed by atoms with E-state index in [9.17, 15) is 34.1 Å². The fraction of sp³-hybridized carbons (Fsp3) is 0.379. The van der Waals surface area contributed by atoms with Crippen LogP contribution in [0.15, 0.2) is 133 Å². The SMILES string of the molecule is CCC(C)(C)C(=O)Oc1ccc(O)c(F)c1.CCC(C)(C)C(=O)Oc1ccc(O)c(O)c1.CCC(C)(C)C(=O)Oc1ccc(O)cc1.CCC(C)(C)c1ccc2c(O)cccc2c1.CCC(C)(C)c1cccc2c(O)cccc12. The van der Waals surface area contributed by atoms with Crippen molar-refractivity contribution in [3.05, 3.63) is 150 Å². The fourth-order valence-corrected chi connectivity index (χ4v) is 6.77. The van der Waals surface area contributed by atoms with Crippen LogP contribution in [-0.4, -0.2) is 48.5 Å². The van der Waals surface area contributed by atoms with Gasteiger partial charge in [-0.1, -0.05) is 123 Å². The van der Waals surface area contributed by atoms with E-state index in [1.54, 1.807) is 52.0 Å². The lowest BCUT2D eigenvalue weighted by atomic mass is 9.80. The van der Waals surface area contributed by atoms with Gasteiger partial charge in [0.15, 0.2) is 23.1 Å². The van der Waals surface area contributed by atoms with Crippen molar-refractivity contribution in [1.82, 2.24) is 0 Å². The second-order valence-electron chi connectivity index (χ2n) is 22.5. The molecule has 0 fully saturated rings. The van der Waals surface area contributed by atoms with E-state index in [0.29, 0.717) is 30.1 Å². The van der Waals surface area contributed by atoms with E-state index < -0.39 is 33.8 Å². The summed E-state index contributed by atoms with van der Waals surface area (Å²) in [5.74, 6) is -1.18. The van der Waals surface area contributed by atoms with Crippen LogP contribution in [0.3, 0.4) is 0 Å². The first-order valence-corrected chi connectivity index (χ1v) is 26.7. The Morgan fingerprint density at radius 2 is 0.823 bits per heavy atom. The van der Waals surface area contributed by atoms with Crippen LogP contribution in [0, 0.1) is 22.1 Å². The topological polar surface area (TPSA) is 200 Å². The number of carbonyl (C=O) groups is 3. The molecule has 0 atom stereocenters. The van der Waals surface area contributed by atoms with Gasteiger partial charge in [-0.3, -0.25) is 14.4 Å². The Labute approximate surface area is 466 Å². The first-order chi connectivity index (χ1) is 36.8. The second-order valence-corrected chi connectivity index (χ2v) is 22.5. The number of esters is 3. The predicted molar refractivity (Wildman–Crippen MR) is 313 cm³/mol. The Bertz CT molecular complexity index is 3060. The molecular weight excluding hydrogens is 1000 g/mol. The molecule has 0 saturated carbocycles. The number of benzene rings is 7. The average molecular weight is 1090 g/mol. The van der Waals surface area contributed by atoms with Crippen LogP contribution in [0.25, 0.3) is 21.5 Å². The Morgan fingerprint density at radius 1 is 0.392 bits per heavy atom. The molecule has 7 rings (SSSR count). The van der Waals surface area contributed by atoms with Crippen LogP contribution in [0.2, 0.25) is 0 Å². The zero-order chi connectivity index (χ0) is 59.7. The predicted octanol–water partition coefficient (Wildman–Crippen LogP) is 16.5. The lowest BCUT2D eigenvalue weighted by molar-refractivity contribution is -0.144. The number of halogens is 1. The summed E-state index contributed by atoms with van der Waals surface area (Å²) in [5.41, 5.74) is 1.34. The standard InChI is InChI=1S/2C15H18O.C12H15FO3.C12H16O4.C12H16O3/c1-4-15(2,3)13-9-5-8-12-11(13)7-6-10-14(12)16;1-4-15(2,3)12-8-9-13-11(10-12)6-5-7-14(13)16;1-4-12(2,3)11(15)16-8-5-6-10(14)9(13)7-8;1-4-12(2,3)11(15)16-8-5-6-9(13)10(14)7-8;1-4-12(2,3)11(14)15-10-7-5-9(13)6-8-10/h2*5-10,16H,4H2,1-3H3;5-7,14H,4H2,1-3H3;5-7,13-14H,4H2,1-3H3;5-8,13H,4H2,1-3H3. The minimum absolute atomic E-state index is 0.0989. The van der Waals surface area contributed by atoms with Crippen LogP contribution in [0.5, 0.6) is 51.7 Å². The fourth-order valence-electron chi connectivity index (χ4n) is 6.77. The van der Waals surface area contributed by atoms with E-state index in [-0.39, 0.29) is 51.5 Å². The van der Waals surface area contributed by atoms with Crippen molar-refractivity contribution in [3.63, 3.8) is 0 Å². The van der Waals surface area contributed by atoms with Crippen LogP contribution in [-0.2, 0) is 25.2 Å². The van der Waals surface area contributed by atoms with E-state index in [1.165, 1.54) is 47.5 Å². The van der Waals surface area contributed by atoms with Gasteiger partial charge in [0.05, 0.1) is 16.2 Å². The summed E-state index contributed by atoms with van der Waals surface area (Å²) in [6.07, 6.45) is 4.21. The van der Waals surface area contributed by atoms with Crippen LogP contribution < -0.4 is 14.2 Å². The Kier molecular flexibility index (Phi) is 23.4. The quantitative estimate of drug-likeness (QED) is 0.0363. The molecule has 0 unspecified atom stereocenters. The molecule has 12 nitrogen and oxygen atoms in total. The van der Waals surface area contributed by atoms with Gasteiger partial charge in [-0.2, -0.15) is 0 Å². The number of hydrogen-bond donors (Lipinski definition) is 6. The maximum absolute atomic E-state index is 13.0. The first kappa shape index (κ1) is 65.5. The van der Waals surface area contributed by atoms with Crippen molar-refractivity contribution in [2.75, 3.05) is 0 Å². The zero-order valence-electron chi connectivity index (χ0n) is 48.7. The minimum Gasteiger partial charge on any atom is -0.508 e. The third-order valence-corrected chi connectivity index (χ3v) is 14.7. The lowest BCUT2D eigenvalue weighted by Gasteiger charge is -2.25. The van der Waals surface area contributed by atoms with Gasteiger partial charge in [0.25, 0.3) is 0 Å². The summed E-state index contributed by atoms with van der Waals surface area (Å²) in [4.78, 5) is 35.0. The third kappa shape index (κ3) is 18.7. The molecule has 0 amide bonds. The zero-order valence-corrected chi connectivity index (χ0v) is 48.7. The molecule has 426 valence electrons. The summed E-state index contributed by atoms with van der Waals surface area (Å²) in [6, 6.07) is 37.4. The molecule has 0 aliphatic carbocycles. The summed E-state index contributed by atoms with van der Waals surface area (Å²) >= 11 is 0. The largest absolute Gasteiger partial charge is 0.508 e. The average Bonchev–Trinajstić information content (AvgIpc) is 3.44. The molecule has 79 heavy (non-hydrogen) atoms. The molecule has 0 aromatic heterocycles. The summed E-state index contributed by atoms with van der Waals surface area (Å²) in [6.45, 7) is 29.9.